The standard InChI is InChI=1S/C60H39N3O/c1-60(2)52-22-12-11-20-46(52)47-30-26-41(35-53(47)60)39-25-29-45-43-19-10-9-18-42(43)44-28-24-38(32-49(44)50(45)33-39)40-27-31-54-51(34-40)56-48(21-13-23-55(56)64-54)59-62-57(36-14-5-3-6-15-36)61-58(63-59)37-16-7-4-8-17-37/h3-35H,1-2H3. The largest absolute Gasteiger partial charge is 0.456 e. The van der Waals surface area contributed by atoms with Gasteiger partial charge < -0.3 is 4.42 Å². The molecule has 1 aliphatic rings. The van der Waals surface area contributed by atoms with Gasteiger partial charge in [-0.1, -0.05) is 178 Å². The molecule has 4 nitrogen and oxygen atoms in total. The summed E-state index contributed by atoms with van der Waals surface area (Å²) < 4.78 is 6.55. The number of benzene rings is 10. The zero-order chi connectivity index (χ0) is 42.5. The first-order valence-electron chi connectivity index (χ1n) is 21.9. The van der Waals surface area contributed by atoms with Crippen LogP contribution in [0, 0.1) is 0 Å². The minimum absolute atomic E-state index is 0.0691. The van der Waals surface area contributed by atoms with Crippen LogP contribution < -0.4 is 0 Å². The second-order valence-electron chi connectivity index (χ2n) is 17.5. The Hall–Kier alpha value is -8.21. The summed E-state index contributed by atoms with van der Waals surface area (Å²) in [4.78, 5) is 15.2. The molecule has 0 unspecified atom stereocenters. The first-order chi connectivity index (χ1) is 31.5. The number of rotatable bonds is 5. The zero-order valence-corrected chi connectivity index (χ0v) is 35.3. The Morgan fingerprint density at radius 1 is 0.312 bits per heavy atom. The summed E-state index contributed by atoms with van der Waals surface area (Å²) in [6, 6.07) is 71.6. The highest BCUT2D eigenvalue weighted by Crippen LogP contribution is 2.50. The van der Waals surface area contributed by atoms with Crippen molar-refractivity contribution in [2.75, 3.05) is 0 Å². The fourth-order valence-electron chi connectivity index (χ4n) is 10.3. The molecule has 0 saturated heterocycles. The number of aromatic nitrogens is 3. The first-order valence-corrected chi connectivity index (χ1v) is 21.9. The van der Waals surface area contributed by atoms with Gasteiger partial charge in [0.2, 0.25) is 0 Å². The van der Waals surface area contributed by atoms with Gasteiger partial charge in [-0.2, -0.15) is 0 Å². The molecule has 300 valence electrons. The lowest BCUT2D eigenvalue weighted by molar-refractivity contribution is 0.660. The molecule has 64 heavy (non-hydrogen) atoms. The van der Waals surface area contributed by atoms with Gasteiger partial charge in [-0.25, -0.2) is 15.0 Å². The fourth-order valence-corrected chi connectivity index (χ4v) is 10.3. The molecule has 0 radical (unpaired) electrons. The van der Waals surface area contributed by atoms with Crippen LogP contribution in [0.5, 0.6) is 0 Å². The van der Waals surface area contributed by atoms with Crippen LogP contribution in [0.25, 0.3) is 122 Å². The lowest BCUT2D eigenvalue weighted by atomic mass is 9.81. The summed E-state index contributed by atoms with van der Waals surface area (Å²) in [5.74, 6) is 1.85. The molecule has 0 bridgehead atoms. The van der Waals surface area contributed by atoms with Gasteiger partial charge in [0.05, 0.1) is 0 Å². The first kappa shape index (κ1) is 36.4. The molecule has 0 saturated carbocycles. The third kappa shape index (κ3) is 5.59. The van der Waals surface area contributed by atoms with Crippen LogP contribution in [0.2, 0.25) is 0 Å². The number of hydrogen-bond donors (Lipinski definition) is 0. The Morgan fingerprint density at radius 2 is 0.797 bits per heavy atom. The van der Waals surface area contributed by atoms with Crippen LogP contribution in [0.1, 0.15) is 25.0 Å². The molecule has 0 spiro atoms. The highest BCUT2D eigenvalue weighted by molar-refractivity contribution is 6.26. The van der Waals surface area contributed by atoms with Crippen molar-refractivity contribution in [3.63, 3.8) is 0 Å². The molecule has 0 amide bonds. The summed E-state index contributed by atoms with van der Waals surface area (Å²) in [5, 5.41) is 9.47. The molecular formula is C60H39N3O. The molecule has 0 atom stereocenters. The van der Waals surface area contributed by atoms with Crippen molar-refractivity contribution in [2.45, 2.75) is 19.3 Å². The number of fused-ring (bicyclic) bond motifs is 12. The summed E-state index contributed by atoms with van der Waals surface area (Å²) in [7, 11) is 0. The normalized spacial score (nSPS) is 13.0. The highest BCUT2D eigenvalue weighted by Gasteiger charge is 2.35. The van der Waals surface area contributed by atoms with Crippen molar-refractivity contribution >= 4 is 54.3 Å². The van der Waals surface area contributed by atoms with E-state index >= 15 is 0 Å². The van der Waals surface area contributed by atoms with Crippen molar-refractivity contribution in [3.05, 3.63) is 211 Å². The number of hydrogen-bond acceptors (Lipinski definition) is 4. The van der Waals surface area contributed by atoms with Crippen molar-refractivity contribution < 1.29 is 4.42 Å². The third-order valence-corrected chi connectivity index (χ3v) is 13.5. The Bertz CT molecular complexity index is 3810. The average molecular weight is 818 g/mol. The number of furan rings is 1. The van der Waals surface area contributed by atoms with Crippen LogP contribution in [0.3, 0.4) is 0 Å². The van der Waals surface area contributed by atoms with Gasteiger partial charge in [0.1, 0.15) is 11.2 Å². The Morgan fingerprint density at radius 3 is 1.45 bits per heavy atom. The minimum Gasteiger partial charge on any atom is -0.456 e. The summed E-state index contributed by atoms with van der Waals surface area (Å²) in [5.41, 5.74) is 14.4. The van der Waals surface area contributed by atoms with E-state index in [-0.39, 0.29) is 5.41 Å². The lowest BCUT2D eigenvalue weighted by Crippen LogP contribution is -2.14. The van der Waals surface area contributed by atoms with Crippen molar-refractivity contribution in [2.24, 2.45) is 0 Å². The van der Waals surface area contributed by atoms with E-state index in [0.29, 0.717) is 17.5 Å². The average Bonchev–Trinajstić information content (AvgIpc) is 3.85. The molecular weight excluding hydrogens is 779 g/mol. The molecule has 0 fully saturated rings. The summed E-state index contributed by atoms with van der Waals surface area (Å²) >= 11 is 0. The number of nitrogens with zero attached hydrogens (tertiary/aromatic N) is 3. The molecule has 4 heteroatoms. The van der Waals surface area contributed by atoms with E-state index in [1.807, 2.05) is 72.8 Å². The molecule has 1 aliphatic carbocycles. The van der Waals surface area contributed by atoms with Crippen LogP contribution in [-0.2, 0) is 5.41 Å². The predicted molar refractivity (Wildman–Crippen MR) is 264 cm³/mol. The Labute approximate surface area is 370 Å². The maximum atomic E-state index is 6.55. The quantitative estimate of drug-likeness (QED) is 0.162. The second kappa shape index (κ2) is 13.9. The molecule has 2 aromatic heterocycles. The highest BCUT2D eigenvalue weighted by atomic mass is 16.3. The van der Waals surface area contributed by atoms with Gasteiger partial charge in [-0.3, -0.25) is 0 Å². The van der Waals surface area contributed by atoms with E-state index in [0.717, 1.165) is 49.8 Å². The molecule has 12 aromatic rings. The maximum absolute atomic E-state index is 6.55. The van der Waals surface area contributed by atoms with Crippen molar-refractivity contribution in [1.82, 2.24) is 15.0 Å². The molecule has 0 N–H and O–H groups in total. The van der Waals surface area contributed by atoms with Gasteiger partial charge in [0.25, 0.3) is 0 Å². The van der Waals surface area contributed by atoms with Gasteiger partial charge in [-0.15, -0.1) is 0 Å². The maximum Gasteiger partial charge on any atom is 0.164 e. The topological polar surface area (TPSA) is 51.8 Å². The van der Waals surface area contributed by atoms with Crippen molar-refractivity contribution in [3.8, 4) is 67.5 Å². The van der Waals surface area contributed by atoms with Crippen LogP contribution >= 0.6 is 0 Å². The van der Waals surface area contributed by atoms with Gasteiger partial charge in [0.15, 0.2) is 17.5 Å². The van der Waals surface area contributed by atoms with Crippen molar-refractivity contribution in [1.29, 1.82) is 0 Å². The Balaban J connectivity index is 0.978. The minimum atomic E-state index is -0.0691. The van der Waals surface area contributed by atoms with Gasteiger partial charge >= 0.3 is 0 Å². The summed E-state index contributed by atoms with van der Waals surface area (Å²) in [6.45, 7) is 4.70. The van der Waals surface area contributed by atoms with E-state index in [4.69, 9.17) is 19.4 Å². The van der Waals surface area contributed by atoms with E-state index in [1.54, 1.807) is 0 Å². The van der Waals surface area contributed by atoms with E-state index in [1.165, 1.54) is 65.7 Å². The van der Waals surface area contributed by atoms with E-state index in [9.17, 15) is 0 Å². The predicted octanol–water partition coefficient (Wildman–Crippen LogP) is 15.9. The van der Waals surface area contributed by atoms with Crippen LogP contribution in [0.4, 0.5) is 0 Å². The van der Waals surface area contributed by atoms with Gasteiger partial charge in [-0.05, 0) is 113 Å². The smallest absolute Gasteiger partial charge is 0.164 e. The van der Waals surface area contributed by atoms with E-state index in [2.05, 4.69) is 141 Å². The fraction of sp³-hybridized carbons (Fsp3) is 0.0500. The molecule has 10 aromatic carbocycles. The van der Waals surface area contributed by atoms with Crippen LogP contribution in [0.15, 0.2) is 205 Å². The third-order valence-electron chi connectivity index (χ3n) is 13.5. The Kier molecular flexibility index (Phi) is 7.92. The summed E-state index contributed by atoms with van der Waals surface area (Å²) in [6.07, 6.45) is 0. The lowest BCUT2D eigenvalue weighted by Gasteiger charge is -2.22. The van der Waals surface area contributed by atoms with Crippen LogP contribution in [-0.4, -0.2) is 15.0 Å². The molecule has 2 heterocycles. The second-order valence-corrected chi connectivity index (χ2v) is 17.5. The van der Waals surface area contributed by atoms with Gasteiger partial charge in [0, 0.05) is 32.9 Å². The molecule has 13 rings (SSSR count). The monoisotopic (exact) mass is 817 g/mol. The molecule has 0 aliphatic heterocycles. The zero-order valence-electron chi connectivity index (χ0n) is 35.3. The SMILES string of the molecule is CC1(C)c2ccccc2-c2ccc(-c3ccc4c5ccccc5c5ccc(-c6ccc7oc8cccc(-c9nc(-c%10ccccc%10)nc(-c%10ccccc%10)n9)c8c7c6)cc5c4c3)cc21. The van der Waals surface area contributed by atoms with E-state index < -0.39 is 0 Å².